The molecule has 284 valence electrons. The maximum atomic E-state index is 12.9. The van der Waals surface area contributed by atoms with Gasteiger partial charge in [-0.2, -0.15) is 0 Å². The number of Topliss-reactive ketones (excluding diaryl/α,β-unsaturated/α-hetero) is 1. The Bertz CT molecular complexity index is 2450. The number of hydrogen-bond donors (Lipinski definition) is 0. The number of ketones is 1. The maximum Gasteiger partial charge on any atom is 0.163 e. The Morgan fingerprint density at radius 2 is 1.32 bits per heavy atom. The molecule has 0 amide bonds. The summed E-state index contributed by atoms with van der Waals surface area (Å²) in [6.07, 6.45) is 11.9. The highest BCUT2D eigenvalue weighted by atomic mass is 79.9. The van der Waals surface area contributed by atoms with Crippen LogP contribution >= 0.6 is 15.9 Å². The summed E-state index contributed by atoms with van der Waals surface area (Å²) in [5, 5.41) is 0. The van der Waals surface area contributed by atoms with Crippen LogP contribution in [0, 0.1) is 19.8 Å². The van der Waals surface area contributed by atoms with Crippen molar-refractivity contribution in [1.82, 2.24) is 34.1 Å². The molecule has 0 spiro atoms. The van der Waals surface area contributed by atoms with Crippen LogP contribution in [-0.4, -0.2) is 53.1 Å². The van der Waals surface area contributed by atoms with Crippen molar-refractivity contribution in [3.8, 4) is 45.3 Å². The van der Waals surface area contributed by atoms with Gasteiger partial charge in [-0.15, -0.1) is 0 Å². The van der Waals surface area contributed by atoms with Gasteiger partial charge >= 0.3 is 0 Å². The first-order valence-electron chi connectivity index (χ1n) is 20.3. The second-order valence-corrected chi connectivity index (χ2v) is 17.1. The van der Waals surface area contributed by atoms with Gasteiger partial charge < -0.3 is 13.9 Å². The van der Waals surface area contributed by atoms with Gasteiger partial charge in [-0.25, -0.2) is 9.97 Å². The van der Waals surface area contributed by atoms with Gasteiger partial charge in [0.25, 0.3) is 0 Å². The van der Waals surface area contributed by atoms with Gasteiger partial charge in [-0.1, -0.05) is 36.4 Å². The van der Waals surface area contributed by atoms with Crippen LogP contribution in [0.2, 0.25) is 0 Å². The van der Waals surface area contributed by atoms with E-state index in [9.17, 15) is 4.79 Å². The molecular formula is C46H46BrN7O2. The molecule has 1 saturated heterocycles. The number of rotatable bonds is 7. The van der Waals surface area contributed by atoms with E-state index >= 15 is 0 Å². The summed E-state index contributed by atoms with van der Waals surface area (Å²) in [6.45, 7) is 5.58. The zero-order chi connectivity index (χ0) is 37.9. The molecule has 4 atom stereocenters. The predicted octanol–water partition coefficient (Wildman–Crippen LogP) is 10.6. The van der Waals surface area contributed by atoms with Gasteiger partial charge in [0.05, 0.1) is 22.8 Å². The van der Waals surface area contributed by atoms with Gasteiger partial charge in [0, 0.05) is 77.8 Å². The normalized spacial score (nSPS) is 21.8. The molecule has 0 radical (unpaired) electrons. The molecule has 56 heavy (non-hydrogen) atoms. The zero-order valence-electron chi connectivity index (χ0n) is 32.0. The van der Waals surface area contributed by atoms with E-state index in [1.165, 1.54) is 50.2 Å². The number of aryl methyl sites for hydroxylation is 2. The van der Waals surface area contributed by atoms with Crippen molar-refractivity contribution in [2.24, 2.45) is 5.92 Å². The van der Waals surface area contributed by atoms with Crippen LogP contribution in [0.3, 0.4) is 0 Å². The number of nitrogens with zero attached hydrogens (tertiary/aromatic N) is 7. The number of imidazole rings is 2. The largest absolute Gasteiger partial charge is 0.381 e. The van der Waals surface area contributed by atoms with Crippen LogP contribution < -0.4 is 0 Å². The molecule has 0 N–H and O–H groups in total. The molecular weight excluding hydrogens is 762 g/mol. The van der Waals surface area contributed by atoms with Crippen molar-refractivity contribution in [3.05, 3.63) is 112 Å². The van der Waals surface area contributed by atoms with Crippen LogP contribution in [0.4, 0.5) is 0 Å². The number of ether oxygens (including phenoxy) is 1. The summed E-state index contributed by atoms with van der Waals surface area (Å²) in [6, 6.07) is 25.6. The Kier molecular flexibility index (Phi) is 9.29. The van der Waals surface area contributed by atoms with E-state index < -0.39 is 0 Å². The molecule has 1 aromatic carbocycles. The first-order valence-corrected chi connectivity index (χ1v) is 21.1. The summed E-state index contributed by atoms with van der Waals surface area (Å²) < 4.78 is 11.4. The average molecular weight is 809 g/mol. The summed E-state index contributed by atoms with van der Waals surface area (Å²) in [5.74, 6) is 4.33. The van der Waals surface area contributed by atoms with Crippen molar-refractivity contribution >= 4 is 21.7 Å². The van der Waals surface area contributed by atoms with Crippen molar-refractivity contribution < 1.29 is 9.53 Å². The third-order valence-electron chi connectivity index (χ3n) is 12.7. The number of halogens is 1. The van der Waals surface area contributed by atoms with E-state index in [0.29, 0.717) is 36.3 Å². The molecule has 3 fully saturated rings. The number of pyridine rings is 3. The molecule has 8 heterocycles. The molecule has 5 aliphatic rings. The Labute approximate surface area is 336 Å². The summed E-state index contributed by atoms with van der Waals surface area (Å²) >= 11 is 3.73. The Balaban J connectivity index is 0.000000177. The standard InChI is InChI=1S/C32H32N4O2.C14H14BrN3/c1-20-3-2-4-27(34-20)30-31(36-26-10-9-25(18-26)32(36)35-30)24-11-14-33-28(19-24)22-5-7-23(8-6-22)29(37)17-21-12-15-38-16-13-21;1-8-3-2-4-11(16-8)12-13(15)18-10-6-5-9(7-10)14(18)17-12/h2-8,11,14,19,21,25-26H,9-10,12-13,15-18H2,1H3;2-4,9-10H,5-7H2,1H3. The summed E-state index contributed by atoms with van der Waals surface area (Å²) in [4.78, 5) is 37.0. The molecule has 2 aliphatic carbocycles. The SMILES string of the molecule is Cc1cccc(-c2nc3n(c2-c2ccnc(-c4ccc(C(=O)CC5CCOCC5)cc4)c2)C2CCC3C2)n1.Cc1cccc(-c2nc3n(c2Br)C2CCC3C2)n1. The molecule has 6 aromatic rings. The third-order valence-corrected chi connectivity index (χ3v) is 13.5. The summed E-state index contributed by atoms with van der Waals surface area (Å²) in [5.41, 5.74) is 10.8. The van der Waals surface area contributed by atoms with Crippen LogP contribution in [0.1, 0.15) is 115 Å². The van der Waals surface area contributed by atoms with Crippen LogP contribution in [-0.2, 0) is 4.74 Å². The highest BCUT2D eigenvalue weighted by molar-refractivity contribution is 9.10. The Morgan fingerprint density at radius 1 is 0.696 bits per heavy atom. The lowest BCUT2D eigenvalue weighted by Gasteiger charge is -2.21. The van der Waals surface area contributed by atoms with E-state index in [1.807, 2.05) is 68.6 Å². The Morgan fingerprint density at radius 3 is 1.98 bits per heavy atom. The molecule has 3 aliphatic heterocycles. The van der Waals surface area contributed by atoms with Crippen LogP contribution in [0.25, 0.3) is 45.3 Å². The Hall–Kier alpha value is -4.80. The monoisotopic (exact) mass is 807 g/mol. The van der Waals surface area contributed by atoms with Gasteiger partial charge in [0.15, 0.2) is 5.78 Å². The number of fused-ring (bicyclic) bond motifs is 10. The first-order chi connectivity index (χ1) is 27.4. The molecule has 4 bridgehead atoms. The molecule has 2 saturated carbocycles. The van der Waals surface area contributed by atoms with Crippen molar-refractivity contribution in [2.45, 2.75) is 95.6 Å². The second-order valence-electron chi connectivity index (χ2n) is 16.4. The molecule has 10 heteroatoms. The number of carbonyl (C=O) groups is 1. The second kappa shape index (κ2) is 14.6. The van der Waals surface area contributed by atoms with E-state index in [1.54, 1.807) is 0 Å². The fraction of sp³-hybridized carbons (Fsp3) is 0.391. The predicted molar refractivity (Wildman–Crippen MR) is 221 cm³/mol. The van der Waals surface area contributed by atoms with Crippen molar-refractivity contribution in [1.29, 1.82) is 0 Å². The van der Waals surface area contributed by atoms with Crippen molar-refractivity contribution in [3.63, 3.8) is 0 Å². The summed E-state index contributed by atoms with van der Waals surface area (Å²) in [7, 11) is 0. The fourth-order valence-corrected chi connectivity index (χ4v) is 10.6. The number of hydrogen-bond acceptors (Lipinski definition) is 7. The fourth-order valence-electron chi connectivity index (χ4n) is 9.89. The van der Waals surface area contributed by atoms with Gasteiger partial charge in [0.1, 0.15) is 27.6 Å². The van der Waals surface area contributed by atoms with Crippen LogP contribution in [0.5, 0.6) is 0 Å². The molecule has 11 rings (SSSR count). The van der Waals surface area contributed by atoms with E-state index in [-0.39, 0.29) is 5.78 Å². The lowest BCUT2D eigenvalue weighted by atomic mass is 9.91. The highest BCUT2D eigenvalue weighted by Crippen LogP contribution is 2.53. The van der Waals surface area contributed by atoms with E-state index in [4.69, 9.17) is 24.7 Å². The highest BCUT2D eigenvalue weighted by Gasteiger charge is 2.42. The molecule has 9 nitrogen and oxygen atoms in total. The van der Waals surface area contributed by atoms with Gasteiger partial charge in [-0.3, -0.25) is 19.7 Å². The topological polar surface area (TPSA) is 101 Å². The number of aromatic nitrogens is 7. The van der Waals surface area contributed by atoms with E-state index in [0.717, 1.165) is 92.9 Å². The minimum atomic E-state index is 0.213. The smallest absolute Gasteiger partial charge is 0.163 e. The number of benzene rings is 1. The van der Waals surface area contributed by atoms with Gasteiger partial charge in [0.2, 0.25) is 0 Å². The molecule has 5 aromatic heterocycles. The number of carbonyl (C=O) groups excluding carboxylic acids is 1. The van der Waals surface area contributed by atoms with Crippen LogP contribution in [0.15, 0.2) is 83.6 Å². The lowest BCUT2D eigenvalue weighted by Crippen LogP contribution is -2.18. The zero-order valence-corrected chi connectivity index (χ0v) is 33.6. The van der Waals surface area contributed by atoms with Gasteiger partial charge in [-0.05, 0) is 123 Å². The minimum absolute atomic E-state index is 0.213. The maximum absolute atomic E-state index is 12.9. The van der Waals surface area contributed by atoms with E-state index in [2.05, 4.69) is 54.3 Å². The molecule has 4 unspecified atom stereocenters. The average Bonchev–Trinajstić information content (AvgIpc) is 4.09. The first kappa shape index (κ1) is 35.6. The lowest BCUT2D eigenvalue weighted by molar-refractivity contribution is 0.0601. The minimum Gasteiger partial charge on any atom is -0.381 e. The third kappa shape index (κ3) is 6.44. The quantitative estimate of drug-likeness (QED) is 0.148. The van der Waals surface area contributed by atoms with Crippen molar-refractivity contribution in [2.75, 3.05) is 13.2 Å².